The molecule has 14 N–H and O–H groups in total. The van der Waals surface area contributed by atoms with E-state index in [-0.39, 0.29) is 38.7 Å². The maximum Gasteiger partial charge on any atom is 0.214 e. The van der Waals surface area contributed by atoms with Crippen LogP contribution in [0, 0.1) is 28.6 Å². The van der Waals surface area contributed by atoms with Gasteiger partial charge < -0.3 is 104 Å². The van der Waals surface area contributed by atoms with Crippen molar-refractivity contribution in [3.63, 3.8) is 0 Å². The number of aliphatic hydroxyl groups is 11. The van der Waals surface area contributed by atoms with E-state index in [2.05, 4.69) is 16.0 Å². The van der Waals surface area contributed by atoms with Crippen molar-refractivity contribution in [2.24, 2.45) is 28.6 Å². The quantitative estimate of drug-likeness (QED) is 0.0261. The molecular weight excluding hydrogens is 1170 g/mol. The molecule has 24 heteroatoms. The van der Waals surface area contributed by atoms with Crippen molar-refractivity contribution in [1.82, 2.24) is 16.0 Å². The average molecular weight is 1280 g/mol. The predicted octanol–water partition coefficient (Wildman–Crippen LogP) is 3.08. The first-order chi connectivity index (χ1) is 42.4. The zero-order valence-electron chi connectivity index (χ0n) is 54.8. The molecule has 3 aliphatic carbocycles. The molecular formula is C66H111N3O21. The molecule has 23 atom stereocenters. The highest BCUT2D eigenvalue weighted by atomic mass is 16.7. The van der Waals surface area contributed by atoms with Gasteiger partial charge in [-0.15, -0.1) is 0 Å². The van der Waals surface area contributed by atoms with E-state index in [1.807, 2.05) is 27.7 Å². The Kier molecular flexibility index (Phi) is 27.0. The highest BCUT2D eigenvalue weighted by Crippen LogP contribution is 2.69. The number of methoxy groups -OCH3 is 1. The number of unbranched alkanes of at least 4 members (excludes halogenated alkanes) is 1. The minimum atomic E-state index is -2.15. The van der Waals surface area contributed by atoms with Crippen molar-refractivity contribution in [3.8, 4) is 0 Å². The van der Waals surface area contributed by atoms with Crippen LogP contribution in [0.2, 0.25) is 0 Å². The van der Waals surface area contributed by atoms with Crippen LogP contribution >= 0.6 is 0 Å². The highest BCUT2D eigenvalue weighted by Gasteiger charge is 2.85. The fourth-order valence-electron chi connectivity index (χ4n) is 14.6. The van der Waals surface area contributed by atoms with Gasteiger partial charge in [0, 0.05) is 62.5 Å². The smallest absolute Gasteiger partial charge is 0.214 e. The van der Waals surface area contributed by atoms with Gasteiger partial charge in [0.2, 0.25) is 6.41 Å². The van der Waals surface area contributed by atoms with E-state index >= 15 is 0 Å². The number of fused-ring (bicyclic) bond motifs is 4. The molecule has 2 heterocycles. The van der Waals surface area contributed by atoms with Gasteiger partial charge in [0.05, 0.1) is 86.2 Å². The summed E-state index contributed by atoms with van der Waals surface area (Å²) >= 11 is 0. The van der Waals surface area contributed by atoms with Gasteiger partial charge in [-0.05, 0) is 89.7 Å². The second-order valence-corrected chi connectivity index (χ2v) is 28.3. The Morgan fingerprint density at radius 1 is 0.733 bits per heavy atom. The molecule has 516 valence electrons. The topological polar surface area (TPSA) is 354 Å². The Labute approximate surface area is 532 Å². The third kappa shape index (κ3) is 18.1. The average Bonchev–Trinajstić information content (AvgIpc) is 1.43. The van der Waals surface area contributed by atoms with Crippen LogP contribution in [0.3, 0.4) is 0 Å². The Hall–Kier alpha value is -2.52. The lowest BCUT2D eigenvalue weighted by Crippen LogP contribution is -2.81. The van der Waals surface area contributed by atoms with E-state index in [1.165, 1.54) is 6.92 Å². The van der Waals surface area contributed by atoms with Crippen LogP contribution in [-0.2, 0) is 47.4 Å². The number of rotatable bonds is 38. The lowest BCUT2D eigenvalue weighted by Gasteiger charge is -2.67. The Bertz CT molecular complexity index is 2410. The SMILES string of the molecule is COCCCOCCOCCC(O)NCCCCC(NC(O)CCCC(O)O[C@@H](C(O)O[C@H]1CC2(O)[C@@H](OC(O)c3ccccc3)[C@H]3C4(OC4C(O)C(C1C)C2(C)C)C(O)CC1OC[C@]13OC(C)O)[C@@H](NC(O)OC(C)(C)C)c1ccccc1)C(O)C(C)(C)C. The predicted molar refractivity (Wildman–Crippen MR) is 329 cm³/mol. The summed E-state index contributed by atoms with van der Waals surface area (Å²) in [6, 6.07) is 15.6. The minimum absolute atomic E-state index is 0.0122. The highest BCUT2D eigenvalue weighted by molar-refractivity contribution is 5.33. The summed E-state index contributed by atoms with van der Waals surface area (Å²) in [5, 5.41) is 141. The molecule has 2 aromatic rings. The van der Waals surface area contributed by atoms with Crippen LogP contribution in [0.5, 0.6) is 0 Å². The van der Waals surface area contributed by atoms with Crippen molar-refractivity contribution in [2.45, 2.75) is 261 Å². The molecule has 1 spiro atoms. The van der Waals surface area contributed by atoms with Crippen molar-refractivity contribution in [3.05, 3.63) is 71.8 Å². The summed E-state index contributed by atoms with van der Waals surface area (Å²) < 4.78 is 61.2. The number of nitrogens with one attached hydrogen (secondary N) is 3. The molecule has 0 radical (unpaired) electrons. The van der Waals surface area contributed by atoms with Gasteiger partial charge >= 0.3 is 0 Å². The molecule has 2 aromatic carbocycles. The lowest BCUT2D eigenvalue weighted by atomic mass is 9.45. The van der Waals surface area contributed by atoms with Crippen LogP contribution in [-0.4, -0.2) is 224 Å². The minimum Gasteiger partial charge on any atom is -0.391 e. The summed E-state index contributed by atoms with van der Waals surface area (Å²) in [4.78, 5) is 0. The Balaban J connectivity index is 1.09. The van der Waals surface area contributed by atoms with E-state index in [1.54, 1.807) is 102 Å². The lowest BCUT2D eigenvalue weighted by molar-refractivity contribution is -0.392. The monoisotopic (exact) mass is 1280 g/mol. The molecule has 2 bridgehead atoms. The molecule has 0 amide bonds. The number of aliphatic hydroxyl groups excluding tert-OH is 10. The van der Waals surface area contributed by atoms with E-state index in [9.17, 15) is 56.2 Å². The Morgan fingerprint density at radius 3 is 2.00 bits per heavy atom. The van der Waals surface area contributed by atoms with Crippen LogP contribution in [0.1, 0.15) is 157 Å². The number of hydrogen-bond donors (Lipinski definition) is 14. The van der Waals surface area contributed by atoms with E-state index in [0.29, 0.717) is 76.4 Å². The summed E-state index contributed by atoms with van der Waals surface area (Å²) in [6.07, 6.45) is -16.8. The molecule has 90 heavy (non-hydrogen) atoms. The first kappa shape index (κ1) is 74.9. The van der Waals surface area contributed by atoms with Gasteiger partial charge in [-0.2, -0.15) is 0 Å². The van der Waals surface area contributed by atoms with E-state index < -0.39 is 156 Å². The van der Waals surface area contributed by atoms with E-state index in [4.69, 9.17) is 47.4 Å². The van der Waals surface area contributed by atoms with Gasteiger partial charge in [-0.25, -0.2) is 0 Å². The van der Waals surface area contributed by atoms with Gasteiger partial charge in [0.25, 0.3) is 0 Å². The standard InChI is InChI=1S/C66H111N3O21/c1-39-44(37-65(80)57(87-58(77)42-24-16-13-17-25-42)54-64(88-40(2)70)38-84-46(64)36-45(71)66(54)56(89-66)52(75)50(39)63(65,9)10)85-59(78)53(51(41-22-14-12-15-23-41)69-60(79)90-62(6,7)8)86-49(74)28-20-27-48(73)68-43(55(76)61(3,4)5)26-18-19-30-67-47(72)29-33-83-35-34-82-32-21-31-81-11/h12-17,22-25,39-40,43-60,67-80H,18-21,26-38H2,1-11H3/t39?,40?,43?,44-,45?,46?,47?,48?,49?,50?,51-,52?,53+,54+,55?,56?,57-,58?,59?,60?,64-,65?,66?/m0/s1. The number of hydrogen-bond acceptors (Lipinski definition) is 24. The van der Waals surface area contributed by atoms with Gasteiger partial charge in [-0.3, -0.25) is 16.0 Å². The number of epoxide rings is 1. The molecule has 17 unspecified atom stereocenters. The van der Waals surface area contributed by atoms with Crippen LogP contribution in [0.25, 0.3) is 0 Å². The molecule has 3 saturated carbocycles. The molecule has 5 aliphatic rings. The van der Waals surface area contributed by atoms with Gasteiger partial charge in [0.1, 0.15) is 35.9 Å². The molecule has 5 fully saturated rings. The molecule has 2 saturated heterocycles. The Morgan fingerprint density at radius 2 is 1.39 bits per heavy atom. The third-order valence-electron chi connectivity index (χ3n) is 19.2. The molecule has 7 rings (SSSR count). The van der Waals surface area contributed by atoms with Crippen molar-refractivity contribution in [1.29, 1.82) is 0 Å². The summed E-state index contributed by atoms with van der Waals surface area (Å²) in [6.45, 7) is 20.7. The second kappa shape index (κ2) is 32.5. The summed E-state index contributed by atoms with van der Waals surface area (Å²) in [5.74, 6) is -2.83. The fourth-order valence-corrected chi connectivity index (χ4v) is 14.6. The number of ether oxygens (including phenoxy) is 10. The number of benzene rings is 2. The zero-order valence-corrected chi connectivity index (χ0v) is 54.8. The summed E-state index contributed by atoms with van der Waals surface area (Å²) in [7, 11) is 1.65. The largest absolute Gasteiger partial charge is 0.391 e. The maximum absolute atomic E-state index is 14.1. The first-order valence-corrected chi connectivity index (χ1v) is 32.6. The van der Waals surface area contributed by atoms with Crippen LogP contribution in [0.4, 0.5) is 0 Å². The molecule has 24 nitrogen and oxygen atoms in total. The van der Waals surface area contributed by atoms with Crippen LogP contribution < -0.4 is 16.0 Å². The van der Waals surface area contributed by atoms with Gasteiger partial charge in [-0.1, -0.05) is 109 Å². The maximum atomic E-state index is 14.1. The van der Waals surface area contributed by atoms with Gasteiger partial charge in [0.15, 0.2) is 25.2 Å². The fraction of sp³-hybridized carbons (Fsp3) is 0.818. The van der Waals surface area contributed by atoms with Crippen molar-refractivity contribution < 1.29 is 104 Å². The first-order valence-electron chi connectivity index (χ1n) is 32.6. The molecule has 2 aliphatic heterocycles. The molecule has 0 aromatic heterocycles. The van der Waals surface area contributed by atoms with Crippen molar-refractivity contribution >= 4 is 0 Å². The van der Waals surface area contributed by atoms with Crippen molar-refractivity contribution in [2.75, 3.05) is 53.3 Å². The second-order valence-electron chi connectivity index (χ2n) is 28.3. The zero-order chi connectivity index (χ0) is 66.0. The normalized spacial score (nSPS) is 32.6. The summed E-state index contributed by atoms with van der Waals surface area (Å²) in [5.41, 5.74) is -7.12. The van der Waals surface area contributed by atoms with E-state index in [0.717, 1.165) is 6.42 Å². The third-order valence-corrected chi connectivity index (χ3v) is 19.2. The van der Waals surface area contributed by atoms with Crippen LogP contribution in [0.15, 0.2) is 60.7 Å².